The molecule has 9 heteroatoms. The standard InChI is InChI=1S/C40H40N4O4S/c45-36(43-40(20-6-7-21-40)39(48)41-29-17-14-26(15-18-29)32-24-49-37(42-32)38(46)47)28-16-19-31-33(23-28)44-22-8-12-25-9-4-5-13-30(25)35(44)34(31)27-10-2-1-3-11-27/h4-5,9,13-19,23-24,27H,1-3,6-8,10-12,20-22H2,(H,41,48)(H,43,45)(H,46,47). The molecule has 49 heavy (non-hydrogen) atoms. The van der Waals surface area contributed by atoms with Gasteiger partial charge in [-0.05, 0) is 79.8 Å². The lowest BCUT2D eigenvalue weighted by Crippen LogP contribution is -2.55. The fraction of sp³-hybridized carbons (Fsp3) is 0.350. The molecule has 0 radical (unpaired) electrons. The van der Waals surface area contributed by atoms with Crippen molar-refractivity contribution in [3.63, 3.8) is 0 Å². The summed E-state index contributed by atoms with van der Waals surface area (Å²) in [4.78, 5) is 43.3. The van der Waals surface area contributed by atoms with E-state index in [2.05, 4.69) is 56.6 Å². The molecule has 5 aromatic rings. The number of nitrogens with one attached hydrogen (secondary N) is 2. The van der Waals surface area contributed by atoms with Gasteiger partial charge < -0.3 is 20.3 Å². The Kier molecular flexibility index (Phi) is 8.31. The third kappa shape index (κ3) is 5.84. The van der Waals surface area contributed by atoms with Crippen molar-refractivity contribution in [1.29, 1.82) is 0 Å². The maximum Gasteiger partial charge on any atom is 0.365 e. The van der Waals surface area contributed by atoms with Crippen molar-refractivity contribution in [2.24, 2.45) is 0 Å². The second kappa shape index (κ2) is 12.9. The molecule has 0 saturated heterocycles. The molecule has 8 nitrogen and oxygen atoms in total. The number of thiazole rings is 1. The van der Waals surface area contributed by atoms with Gasteiger partial charge in [0.2, 0.25) is 10.9 Å². The van der Waals surface area contributed by atoms with Crippen LogP contribution in [0.25, 0.3) is 33.4 Å². The van der Waals surface area contributed by atoms with Crippen LogP contribution in [0.1, 0.15) is 101 Å². The minimum absolute atomic E-state index is 0.0350. The zero-order chi connectivity index (χ0) is 33.5. The molecule has 8 rings (SSSR count). The molecule has 2 fully saturated rings. The van der Waals surface area contributed by atoms with E-state index in [1.807, 2.05) is 18.2 Å². The summed E-state index contributed by atoms with van der Waals surface area (Å²) in [5.41, 5.74) is 8.15. The molecule has 0 atom stereocenters. The molecule has 0 spiro atoms. The lowest BCUT2D eigenvalue weighted by Gasteiger charge is -2.29. The van der Waals surface area contributed by atoms with Crippen LogP contribution in [-0.2, 0) is 17.8 Å². The Bertz CT molecular complexity index is 2070. The molecule has 3 N–H and O–H groups in total. The Hall–Kier alpha value is -4.76. The van der Waals surface area contributed by atoms with Crippen molar-refractivity contribution in [1.82, 2.24) is 14.9 Å². The van der Waals surface area contributed by atoms with Crippen molar-refractivity contribution >= 4 is 45.7 Å². The topological polar surface area (TPSA) is 113 Å². The first-order valence-corrected chi connectivity index (χ1v) is 18.5. The highest BCUT2D eigenvalue weighted by Gasteiger charge is 2.43. The minimum Gasteiger partial charge on any atom is -0.476 e. The van der Waals surface area contributed by atoms with E-state index in [1.165, 1.54) is 59.9 Å². The van der Waals surface area contributed by atoms with E-state index in [4.69, 9.17) is 0 Å². The number of carboxylic acids is 1. The van der Waals surface area contributed by atoms with Crippen LogP contribution >= 0.6 is 11.3 Å². The predicted molar refractivity (Wildman–Crippen MR) is 193 cm³/mol. The maximum absolute atomic E-state index is 14.1. The van der Waals surface area contributed by atoms with Crippen LogP contribution in [0, 0.1) is 0 Å². The third-order valence-corrected chi connectivity index (χ3v) is 11.7. The van der Waals surface area contributed by atoms with Crippen molar-refractivity contribution in [3.8, 4) is 22.5 Å². The first-order valence-electron chi connectivity index (χ1n) is 17.6. The van der Waals surface area contributed by atoms with Gasteiger partial charge in [-0.15, -0.1) is 11.3 Å². The summed E-state index contributed by atoms with van der Waals surface area (Å²) in [6.45, 7) is 0.909. The van der Waals surface area contributed by atoms with Gasteiger partial charge >= 0.3 is 5.97 Å². The summed E-state index contributed by atoms with van der Waals surface area (Å²) in [6.07, 6.45) is 11.2. The van der Waals surface area contributed by atoms with Crippen molar-refractivity contribution in [2.75, 3.05) is 5.32 Å². The largest absolute Gasteiger partial charge is 0.476 e. The highest BCUT2D eigenvalue weighted by atomic mass is 32.1. The van der Waals surface area contributed by atoms with Crippen LogP contribution in [0.5, 0.6) is 0 Å². The minimum atomic E-state index is -1.05. The monoisotopic (exact) mass is 672 g/mol. The number of aromatic carboxylic acids is 1. The highest BCUT2D eigenvalue weighted by molar-refractivity contribution is 7.11. The van der Waals surface area contributed by atoms with Crippen LogP contribution in [0.3, 0.4) is 0 Å². The number of carboxylic acid groups (broad SMARTS) is 1. The van der Waals surface area contributed by atoms with E-state index >= 15 is 0 Å². The molecule has 250 valence electrons. The second-order valence-corrected chi connectivity index (χ2v) is 14.7. The van der Waals surface area contributed by atoms with Crippen LogP contribution in [0.2, 0.25) is 0 Å². The average molecular weight is 673 g/mol. The molecule has 3 aliphatic rings. The first-order chi connectivity index (χ1) is 23.9. The van der Waals surface area contributed by atoms with Gasteiger partial charge in [-0.2, -0.15) is 0 Å². The Labute approximate surface area is 289 Å². The smallest absolute Gasteiger partial charge is 0.365 e. The highest BCUT2D eigenvalue weighted by Crippen LogP contribution is 2.46. The van der Waals surface area contributed by atoms with E-state index in [0.29, 0.717) is 35.7 Å². The predicted octanol–water partition coefficient (Wildman–Crippen LogP) is 8.81. The molecule has 1 aliphatic heterocycles. The molecular weight excluding hydrogens is 633 g/mol. The Morgan fingerprint density at radius 1 is 0.898 bits per heavy atom. The fourth-order valence-electron chi connectivity index (χ4n) is 8.40. The van der Waals surface area contributed by atoms with E-state index in [-0.39, 0.29) is 16.8 Å². The molecular formula is C40H40N4O4S. The number of aryl methyl sites for hydroxylation is 2. The zero-order valence-corrected chi connectivity index (χ0v) is 28.3. The number of nitrogens with zero attached hydrogens (tertiary/aromatic N) is 2. The number of aromatic nitrogens is 2. The average Bonchev–Trinajstić information content (AvgIpc) is 3.85. The van der Waals surface area contributed by atoms with Gasteiger partial charge in [-0.1, -0.05) is 74.6 Å². The number of rotatable bonds is 7. The van der Waals surface area contributed by atoms with E-state index in [1.54, 1.807) is 17.5 Å². The summed E-state index contributed by atoms with van der Waals surface area (Å²) in [5, 5.41) is 18.4. The van der Waals surface area contributed by atoms with Crippen molar-refractivity contribution in [2.45, 2.75) is 88.6 Å². The number of anilines is 1. The summed E-state index contributed by atoms with van der Waals surface area (Å²) in [7, 11) is 0. The van der Waals surface area contributed by atoms with Gasteiger partial charge in [-0.25, -0.2) is 9.78 Å². The second-order valence-electron chi connectivity index (χ2n) is 13.9. The number of hydrogen-bond acceptors (Lipinski definition) is 5. The Morgan fingerprint density at radius 2 is 1.67 bits per heavy atom. The zero-order valence-electron chi connectivity index (χ0n) is 27.5. The maximum atomic E-state index is 14.1. The number of amides is 2. The molecule has 2 saturated carbocycles. The quantitative estimate of drug-likeness (QED) is 0.160. The van der Waals surface area contributed by atoms with Crippen LogP contribution in [-0.4, -0.2) is 38.0 Å². The molecule has 2 aliphatic carbocycles. The number of hydrogen-bond donors (Lipinski definition) is 3. The third-order valence-electron chi connectivity index (χ3n) is 10.8. The molecule has 3 aromatic carbocycles. The molecule has 0 bridgehead atoms. The van der Waals surface area contributed by atoms with E-state index in [9.17, 15) is 19.5 Å². The first kappa shape index (κ1) is 31.5. The van der Waals surface area contributed by atoms with Gasteiger partial charge in [0.25, 0.3) is 5.91 Å². The van der Waals surface area contributed by atoms with Gasteiger partial charge in [0.05, 0.1) is 11.4 Å². The lowest BCUT2D eigenvalue weighted by atomic mass is 9.81. The summed E-state index contributed by atoms with van der Waals surface area (Å²) >= 11 is 1.08. The lowest BCUT2D eigenvalue weighted by molar-refractivity contribution is -0.122. The Morgan fingerprint density at radius 3 is 2.43 bits per heavy atom. The number of fused-ring (bicyclic) bond motifs is 5. The van der Waals surface area contributed by atoms with Crippen LogP contribution in [0.15, 0.2) is 72.1 Å². The van der Waals surface area contributed by atoms with Gasteiger partial charge in [-0.3, -0.25) is 9.59 Å². The summed E-state index contributed by atoms with van der Waals surface area (Å²) in [6, 6.07) is 22.2. The SMILES string of the molecule is O=C(NC1(C(=O)Nc2ccc(-c3csc(C(=O)O)n3)cc2)CCCC1)c1ccc2c(C3CCCCC3)c3n(c2c1)CCCc1ccccc1-3. The number of benzene rings is 3. The van der Waals surface area contributed by atoms with Crippen LogP contribution in [0.4, 0.5) is 5.69 Å². The molecule has 3 heterocycles. The Balaban J connectivity index is 1.08. The molecule has 0 unspecified atom stereocenters. The van der Waals surface area contributed by atoms with Crippen molar-refractivity contribution < 1.29 is 19.5 Å². The fourth-order valence-corrected chi connectivity index (χ4v) is 9.06. The van der Waals surface area contributed by atoms with Gasteiger partial charge in [0.15, 0.2) is 0 Å². The van der Waals surface area contributed by atoms with Gasteiger partial charge in [0.1, 0.15) is 5.54 Å². The number of carbonyl (C=O) groups excluding carboxylic acids is 2. The number of carbonyl (C=O) groups is 3. The molecule has 2 aromatic heterocycles. The van der Waals surface area contributed by atoms with E-state index < -0.39 is 11.5 Å². The van der Waals surface area contributed by atoms with Crippen molar-refractivity contribution in [3.05, 3.63) is 93.8 Å². The van der Waals surface area contributed by atoms with Crippen LogP contribution < -0.4 is 10.6 Å². The van der Waals surface area contributed by atoms with Gasteiger partial charge in [0, 0.05) is 45.2 Å². The normalized spacial score (nSPS) is 17.2. The van der Waals surface area contributed by atoms with E-state index in [0.717, 1.165) is 54.6 Å². The summed E-state index contributed by atoms with van der Waals surface area (Å²) in [5.74, 6) is -0.985. The molecule has 2 amide bonds. The summed E-state index contributed by atoms with van der Waals surface area (Å²) < 4.78 is 2.47.